The van der Waals surface area contributed by atoms with Crippen LogP contribution < -0.4 is 5.32 Å². The largest absolute Gasteiger partial charge is 0.465 e. The van der Waals surface area contributed by atoms with Crippen molar-refractivity contribution in [3.05, 3.63) is 70.8 Å². The van der Waals surface area contributed by atoms with Crippen molar-refractivity contribution < 1.29 is 19.1 Å². The molecule has 0 bridgehead atoms. The van der Waals surface area contributed by atoms with Crippen LogP contribution in [-0.2, 0) is 28.0 Å². The highest BCUT2D eigenvalue weighted by atomic mass is 16.5. The highest BCUT2D eigenvalue weighted by Gasteiger charge is 2.55. The molecule has 1 atom stereocenters. The number of hydrogen-bond acceptors (Lipinski definition) is 4. The summed E-state index contributed by atoms with van der Waals surface area (Å²) in [5.74, 6) is -0.641. The Morgan fingerprint density at radius 3 is 2.62 bits per heavy atom. The van der Waals surface area contributed by atoms with Crippen LogP contribution in [0.25, 0.3) is 0 Å². The molecular formula is C20H18N2O4. The molecule has 1 spiro atoms. The Kier molecular flexibility index (Phi) is 3.76. The molecule has 0 saturated carbocycles. The lowest BCUT2D eigenvalue weighted by Gasteiger charge is -2.22. The quantitative estimate of drug-likeness (QED) is 0.681. The number of hydrogen-bond donors (Lipinski definition) is 1. The van der Waals surface area contributed by atoms with Crippen LogP contribution in [0, 0.1) is 0 Å². The molecule has 1 saturated heterocycles. The fraction of sp³-hybridized carbons (Fsp3) is 0.250. The number of nitrogens with one attached hydrogen (secondary N) is 1. The van der Waals surface area contributed by atoms with Crippen LogP contribution in [0.15, 0.2) is 48.5 Å². The summed E-state index contributed by atoms with van der Waals surface area (Å²) in [4.78, 5) is 38.4. The van der Waals surface area contributed by atoms with Gasteiger partial charge in [0, 0.05) is 0 Å². The van der Waals surface area contributed by atoms with Crippen molar-refractivity contribution in [2.24, 2.45) is 0 Å². The van der Waals surface area contributed by atoms with E-state index in [0.29, 0.717) is 12.0 Å². The molecule has 0 radical (unpaired) electrons. The zero-order valence-electron chi connectivity index (χ0n) is 14.3. The molecule has 0 aromatic heterocycles. The summed E-state index contributed by atoms with van der Waals surface area (Å²) in [6.45, 7) is 0.163. The summed E-state index contributed by atoms with van der Waals surface area (Å²) in [7, 11) is 1.32. The first kappa shape index (κ1) is 16.3. The monoisotopic (exact) mass is 350 g/mol. The number of methoxy groups -OCH3 is 1. The second-order valence-corrected chi connectivity index (χ2v) is 6.57. The van der Waals surface area contributed by atoms with Crippen molar-refractivity contribution in [3.63, 3.8) is 0 Å². The number of fused-ring (bicyclic) bond motifs is 2. The standard InChI is InChI=1S/C20H18N2O4/c1-26-17(23)15-8-6-13(7-9-15)12-22-18(24)20(21-19(22)25)11-10-14-4-2-3-5-16(14)20/h2-9H,10-12H2,1H3,(H,21,25)/t20-/m1/s1. The number of imide groups is 1. The van der Waals surface area contributed by atoms with Crippen molar-refractivity contribution >= 4 is 17.9 Å². The van der Waals surface area contributed by atoms with Crippen molar-refractivity contribution in [1.29, 1.82) is 0 Å². The molecule has 2 aromatic carbocycles. The van der Waals surface area contributed by atoms with Gasteiger partial charge >= 0.3 is 12.0 Å². The number of amides is 3. The summed E-state index contributed by atoms with van der Waals surface area (Å²) in [6, 6.07) is 14.1. The topological polar surface area (TPSA) is 75.7 Å². The van der Waals surface area contributed by atoms with Crippen LogP contribution in [0.5, 0.6) is 0 Å². The van der Waals surface area contributed by atoms with Gasteiger partial charge in [-0.1, -0.05) is 36.4 Å². The molecule has 1 fully saturated rings. The Hall–Kier alpha value is -3.15. The molecule has 26 heavy (non-hydrogen) atoms. The predicted molar refractivity (Wildman–Crippen MR) is 93.3 cm³/mol. The molecule has 4 rings (SSSR count). The van der Waals surface area contributed by atoms with E-state index in [0.717, 1.165) is 23.1 Å². The Balaban J connectivity index is 1.58. The molecule has 6 nitrogen and oxygen atoms in total. The summed E-state index contributed by atoms with van der Waals surface area (Å²) >= 11 is 0. The summed E-state index contributed by atoms with van der Waals surface area (Å²) in [6.07, 6.45) is 1.35. The van der Waals surface area contributed by atoms with Gasteiger partial charge in [-0.3, -0.25) is 9.69 Å². The third-order valence-corrected chi connectivity index (χ3v) is 5.14. The van der Waals surface area contributed by atoms with Gasteiger partial charge < -0.3 is 10.1 Å². The number of ether oxygens (including phenoxy) is 1. The van der Waals surface area contributed by atoms with Gasteiger partial charge in [-0.05, 0) is 41.7 Å². The van der Waals surface area contributed by atoms with Gasteiger partial charge in [0.05, 0.1) is 19.2 Å². The number of nitrogens with zero attached hydrogens (tertiary/aromatic N) is 1. The highest BCUT2D eigenvalue weighted by Crippen LogP contribution is 2.41. The lowest BCUT2D eigenvalue weighted by Crippen LogP contribution is -2.41. The van der Waals surface area contributed by atoms with Gasteiger partial charge in [-0.25, -0.2) is 9.59 Å². The van der Waals surface area contributed by atoms with E-state index in [2.05, 4.69) is 10.1 Å². The fourth-order valence-corrected chi connectivity index (χ4v) is 3.78. The van der Waals surface area contributed by atoms with E-state index in [-0.39, 0.29) is 18.5 Å². The maximum atomic E-state index is 13.1. The molecule has 2 aromatic rings. The zero-order chi connectivity index (χ0) is 18.3. The van der Waals surface area contributed by atoms with E-state index >= 15 is 0 Å². The highest BCUT2D eigenvalue weighted by molar-refractivity contribution is 6.08. The second-order valence-electron chi connectivity index (χ2n) is 6.57. The third kappa shape index (κ3) is 2.37. The predicted octanol–water partition coefficient (Wildman–Crippen LogP) is 2.37. The zero-order valence-corrected chi connectivity index (χ0v) is 14.3. The van der Waals surface area contributed by atoms with E-state index in [1.807, 2.05) is 24.3 Å². The Bertz CT molecular complexity index is 906. The molecule has 3 amide bonds. The van der Waals surface area contributed by atoms with E-state index in [4.69, 9.17) is 0 Å². The van der Waals surface area contributed by atoms with E-state index < -0.39 is 11.5 Å². The number of urea groups is 1. The van der Waals surface area contributed by atoms with E-state index in [1.165, 1.54) is 12.0 Å². The van der Waals surface area contributed by atoms with Crippen molar-refractivity contribution in [2.45, 2.75) is 24.9 Å². The van der Waals surface area contributed by atoms with Crippen LogP contribution in [-0.4, -0.2) is 29.9 Å². The first-order chi connectivity index (χ1) is 12.5. The van der Waals surface area contributed by atoms with Gasteiger partial charge in [0.25, 0.3) is 5.91 Å². The maximum Gasteiger partial charge on any atom is 0.337 e. The second kappa shape index (κ2) is 5.98. The molecule has 0 unspecified atom stereocenters. The summed E-state index contributed by atoms with van der Waals surface area (Å²) < 4.78 is 4.67. The normalized spacial score (nSPS) is 21.0. The molecule has 6 heteroatoms. The van der Waals surface area contributed by atoms with Gasteiger partial charge in [0.1, 0.15) is 5.54 Å². The first-order valence-corrected chi connectivity index (χ1v) is 8.45. The molecule has 2 aliphatic rings. The third-order valence-electron chi connectivity index (χ3n) is 5.14. The van der Waals surface area contributed by atoms with Gasteiger partial charge in [0.2, 0.25) is 0 Å². The number of benzene rings is 2. The average molecular weight is 350 g/mol. The van der Waals surface area contributed by atoms with Gasteiger partial charge in [-0.2, -0.15) is 0 Å². The van der Waals surface area contributed by atoms with Crippen molar-refractivity contribution in [2.75, 3.05) is 7.11 Å². The Morgan fingerprint density at radius 2 is 1.88 bits per heavy atom. The lowest BCUT2D eigenvalue weighted by atomic mass is 9.92. The van der Waals surface area contributed by atoms with Crippen LogP contribution in [0.4, 0.5) is 4.79 Å². The number of aryl methyl sites for hydroxylation is 1. The molecule has 1 aliphatic carbocycles. The number of rotatable bonds is 3. The number of carbonyl (C=O) groups excluding carboxylic acids is 3. The van der Waals surface area contributed by atoms with Gasteiger partial charge in [-0.15, -0.1) is 0 Å². The van der Waals surface area contributed by atoms with Crippen LogP contribution in [0.2, 0.25) is 0 Å². The number of carbonyl (C=O) groups is 3. The van der Waals surface area contributed by atoms with Gasteiger partial charge in [0.15, 0.2) is 0 Å². The SMILES string of the molecule is COC(=O)c1ccc(CN2C(=O)N[C@@]3(CCc4ccccc43)C2=O)cc1. The average Bonchev–Trinajstić information content (AvgIpc) is 3.15. The molecule has 132 valence electrons. The molecule has 1 heterocycles. The van der Waals surface area contributed by atoms with Crippen molar-refractivity contribution in [3.8, 4) is 0 Å². The fourth-order valence-electron chi connectivity index (χ4n) is 3.78. The minimum absolute atomic E-state index is 0.163. The minimum Gasteiger partial charge on any atom is -0.465 e. The summed E-state index contributed by atoms with van der Waals surface area (Å²) in [5, 5.41) is 2.91. The Morgan fingerprint density at radius 1 is 1.15 bits per heavy atom. The smallest absolute Gasteiger partial charge is 0.337 e. The van der Waals surface area contributed by atoms with Crippen LogP contribution in [0.1, 0.15) is 33.5 Å². The molecule has 1 aliphatic heterocycles. The Labute approximate surface area is 150 Å². The summed E-state index contributed by atoms with van der Waals surface area (Å²) in [5.41, 5.74) is 2.24. The lowest BCUT2D eigenvalue weighted by molar-refractivity contribution is -0.132. The van der Waals surface area contributed by atoms with Crippen molar-refractivity contribution in [1.82, 2.24) is 10.2 Å². The molecule has 1 N–H and O–H groups in total. The van der Waals surface area contributed by atoms with E-state index in [9.17, 15) is 14.4 Å². The molecular weight excluding hydrogens is 332 g/mol. The minimum atomic E-state index is -0.945. The van der Waals surface area contributed by atoms with E-state index in [1.54, 1.807) is 24.3 Å². The first-order valence-electron chi connectivity index (χ1n) is 8.45. The van der Waals surface area contributed by atoms with Crippen LogP contribution >= 0.6 is 0 Å². The number of esters is 1. The maximum absolute atomic E-state index is 13.1. The van der Waals surface area contributed by atoms with Crippen LogP contribution in [0.3, 0.4) is 0 Å².